The van der Waals surface area contributed by atoms with Crippen LogP contribution in [0, 0.1) is 5.82 Å². The minimum absolute atomic E-state index is 0.0590. The maximum Gasteiger partial charge on any atom is 0.321 e. The Labute approximate surface area is 185 Å². The van der Waals surface area contributed by atoms with Crippen molar-refractivity contribution in [3.05, 3.63) is 54.3 Å². The average molecular weight is 436 g/mol. The normalized spacial score (nSPS) is 18.7. The Balaban J connectivity index is 1.27. The molecular formula is C23H25FN6O2. The fourth-order valence-electron chi connectivity index (χ4n) is 4.38. The molecule has 5 rings (SSSR count). The summed E-state index contributed by atoms with van der Waals surface area (Å²) in [5.74, 6) is 1.24. The van der Waals surface area contributed by atoms with Gasteiger partial charge in [-0.25, -0.2) is 14.2 Å². The Bertz CT molecular complexity index is 1100. The van der Waals surface area contributed by atoms with Crippen LogP contribution in [0.25, 0.3) is 11.4 Å². The number of rotatable bonds is 4. The molecule has 4 heterocycles. The lowest BCUT2D eigenvalue weighted by atomic mass is 9.98. The number of nitrogens with one attached hydrogen (secondary N) is 1. The number of halogens is 1. The minimum Gasteiger partial charge on any atom is -0.355 e. The van der Waals surface area contributed by atoms with Crippen molar-refractivity contribution in [3.63, 3.8) is 0 Å². The predicted octanol–water partition coefficient (Wildman–Crippen LogP) is 4.28. The number of anilines is 2. The maximum atomic E-state index is 13.5. The van der Waals surface area contributed by atoms with Crippen molar-refractivity contribution in [2.75, 3.05) is 36.4 Å². The molecule has 1 unspecified atom stereocenters. The molecule has 2 saturated heterocycles. The van der Waals surface area contributed by atoms with Crippen LogP contribution in [0.2, 0.25) is 0 Å². The van der Waals surface area contributed by atoms with Crippen LogP contribution < -0.4 is 10.2 Å². The van der Waals surface area contributed by atoms with Crippen molar-refractivity contribution < 1.29 is 13.7 Å². The van der Waals surface area contributed by atoms with Gasteiger partial charge in [0, 0.05) is 37.9 Å². The number of likely N-dealkylation sites (tertiary alicyclic amines) is 1. The van der Waals surface area contributed by atoms with Gasteiger partial charge in [-0.3, -0.25) is 0 Å². The van der Waals surface area contributed by atoms with Gasteiger partial charge in [-0.2, -0.15) is 4.98 Å². The predicted molar refractivity (Wildman–Crippen MR) is 118 cm³/mol. The molecular weight excluding hydrogens is 411 g/mol. The van der Waals surface area contributed by atoms with Crippen LogP contribution in [0.5, 0.6) is 0 Å². The van der Waals surface area contributed by atoms with Crippen molar-refractivity contribution in [1.29, 1.82) is 0 Å². The lowest BCUT2D eigenvalue weighted by molar-refractivity contribution is 0.184. The number of carbonyl (C=O) groups is 1. The molecule has 2 fully saturated rings. The first kappa shape index (κ1) is 20.4. The van der Waals surface area contributed by atoms with Crippen molar-refractivity contribution in [3.8, 4) is 11.4 Å². The lowest BCUT2D eigenvalue weighted by Crippen LogP contribution is -2.42. The number of benzene rings is 1. The van der Waals surface area contributed by atoms with E-state index in [0.717, 1.165) is 50.3 Å². The molecule has 2 aliphatic rings. The molecule has 8 nitrogen and oxygen atoms in total. The summed E-state index contributed by atoms with van der Waals surface area (Å²) in [6.45, 7) is 3.05. The van der Waals surface area contributed by atoms with Gasteiger partial charge in [0.1, 0.15) is 5.82 Å². The molecule has 9 heteroatoms. The highest BCUT2D eigenvalue weighted by molar-refractivity contribution is 5.92. The van der Waals surface area contributed by atoms with E-state index < -0.39 is 0 Å². The van der Waals surface area contributed by atoms with Crippen LogP contribution in [-0.2, 0) is 0 Å². The van der Waals surface area contributed by atoms with E-state index in [1.807, 2.05) is 12.1 Å². The first-order chi connectivity index (χ1) is 15.7. The molecule has 2 amide bonds. The highest BCUT2D eigenvalue weighted by atomic mass is 19.1. The summed E-state index contributed by atoms with van der Waals surface area (Å²) in [4.78, 5) is 26.0. The number of hydrogen-bond donors (Lipinski definition) is 1. The monoisotopic (exact) mass is 436 g/mol. The number of piperidine rings is 1. The Hall–Kier alpha value is -3.49. The summed E-state index contributed by atoms with van der Waals surface area (Å²) in [6, 6.07) is 9.67. The summed E-state index contributed by atoms with van der Waals surface area (Å²) in [7, 11) is 0. The van der Waals surface area contributed by atoms with Gasteiger partial charge < -0.3 is 19.6 Å². The van der Waals surface area contributed by atoms with Gasteiger partial charge in [0.05, 0.1) is 11.6 Å². The fourth-order valence-corrected chi connectivity index (χ4v) is 4.38. The average Bonchev–Trinajstić information content (AvgIpc) is 3.52. The molecule has 1 aromatic carbocycles. The van der Waals surface area contributed by atoms with Crippen molar-refractivity contribution in [2.24, 2.45) is 0 Å². The fraction of sp³-hybridized carbons (Fsp3) is 0.391. The zero-order valence-corrected chi connectivity index (χ0v) is 17.7. The molecule has 32 heavy (non-hydrogen) atoms. The van der Waals surface area contributed by atoms with Gasteiger partial charge in [0.2, 0.25) is 11.7 Å². The van der Waals surface area contributed by atoms with Crippen LogP contribution >= 0.6 is 0 Å². The number of aromatic nitrogens is 3. The lowest BCUT2D eigenvalue weighted by Gasteiger charge is -2.31. The van der Waals surface area contributed by atoms with Crippen LogP contribution in [0.3, 0.4) is 0 Å². The van der Waals surface area contributed by atoms with Gasteiger partial charge in [-0.1, -0.05) is 17.3 Å². The Morgan fingerprint density at radius 1 is 1.12 bits per heavy atom. The van der Waals surface area contributed by atoms with Crippen LogP contribution in [0.4, 0.5) is 20.7 Å². The maximum absolute atomic E-state index is 13.5. The number of hydrogen-bond acceptors (Lipinski definition) is 6. The quantitative estimate of drug-likeness (QED) is 0.657. The second kappa shape index (κ2) is 8.94. The molecule has 2 aliphatic heterocycles. The molecule has 0 bridgehead atoms. The van der Waals surface area contributed by atoms with Crippen molar-refractivity contribution in [1.82, 2.24) is 20.0 Å². The zero-order chi connectivity index (χ0) is 21.9. The highest BCUT2D eigenvalue weighted by Gasteiger charge is 2.29. The molecule has 0 saturated carbocycles. The summed E-state index contributed by atoms with van der Waals surface area (Å²) in [5.41, 5.74) is 1.30. The topological polar surface area (TPSA) is 87.4 Å². The Morgan fingerprint density at radius 2 is 2.00 bits per heavy atom. The molecule has 0 spiro atoms. The Morgan fingerprint density at radius 3 is 2.84 bits per heavy atom. The standard InChI is InChI=1S/C23H25FN6O2/c24-18-8-3-6-16(14-18)20-27-22(32-28-20)17-7-5-13-30(15-17)23(31)26-19-9-4-10-25-21(19)29-11-1-2-12-29/h3-4,6,8-10,14,17H,1-2,5,7,11-13,15H2,(H,26,31). The number of carbonyl (C=O) groups excluding carboxylic acids is 1. The summed E-state index contributed by atoms with van der Waals surface area (Å²) in [6.07, 6.45) is 5.72. The van der Waals surface area contributed by atoms with Crippen molar-refractivity contribution >= 4 is 17.5 Å². The van der Waals surface area contributed by atoms with Gasteiger partial charge >= 0.3 is 6.03 Å². The van der Waals surface area contributed by atoms with Crippen molar-refractivity contribution in [2.45, 2.75) is 31.6 Å². The second-order valence-corrected chi connectivity index (χ2v) is 8.25. The first-order valence-corrected chi connectivity index (χ1v) is 11.0. The summed E-state index contributed by atoms with van der Waals surface area (Å²) >= 11 is 0. The molecule has 3 aromatic rings. The molecule has 0 aliphatic carbocycles. The van der Waals surface area contributed by atoms with E-state index in [1.54, 1.807) is 23.2 Å². The number of pyridine rings is 1. The highest BCUT2D eigenvalue weighted by Crippen LogP contribution is 2.30. The zero-order valence-electron chi connectivity index (χ0n) is 17.7. The van der Waals surface area contributed by atoms with E-state index in [-0.39, 0.29) is 17.8 Å². The number of nitrogens with zero attached hydrogens (tertiary/aromatic N) is 5. The molecule has 1 N–H and O–H groups in total. The van der Waals surface area contributed by atoms with Crippen LogP contribution in [0.15, 0.2) is 47.1 Å². The largest absolute Gasteiger partial charge is 0.355 e. The third-order valence-corrected chi connectivity index (χ3v) is 6.02. The van der Waals surface area contributed by atoms with E-state index in [4.69, 9.17) is 4.52 Å². The third-order valence-electron chi connectivity index (χ3n) is 6.02. The van der Waals surface area contributed by atoms with Gasteiger partial charge in [0.25, 0.3) is 0 Å². The molecule has 1 atom stereocenters. The third kappa shape index (κ3) is 4.28. The van der Waals surface area contributed by atoms with E-state index in [1.165, 1.54) is 12.1 Å². The number of amides is 2. The van der Waals surface area contributed by atoms with Crippen LogP contribution in [-0.4, -0.2) is 52.2 Å². The van der Waals surface area contributed by atoms with Gasteiger partial charge in [0.15, 0.2) is 5.82 Å². The summed E-state index contributed by atoms with van der Waals surface area (Å²) in [5, 5.41) is 7.05. The van der Waals surface area contributed by atoms with Gasteiger partial charge in [-0.05, 0) is 49.9 Å². The van der Waals surface area contributed by atoms with E-state index in [2.05, 4.69) is 25.3 Å². The van der Waals surface area contributed by atoms with E-state index >= 15 is 0 Å². The smallest absolute Gasteiger partial charge is 0.321 e. The van der Waals surface area contributed by atoms with E-state index in [9.17, 15) is 9.18 Å². The van der Waals surface area contributed by atoms with Gasteiger partial charge in [-0.15, -0.1) is 0 Å². The number of urea groups is 1. The molecule has 0 radical (unpaired) electrons. The summed E-state index contributed by atoms with van der Waals surface area (Å²) < 4.78 is 19.0. The Kier molecular flexibility index (Phi) is 5.70. The minimum atomic E-state index is -0.349. The molecule has 2 aromatic heterocycles. The first-order valence-electron chi connectivity index (χ1n) is 11.0. The van der Waals surface area contributed by atoms with Crippen LogP contribution in [0.1, 0.15) is 37.5 Å². The second-order valence-electron chi connectivity index (χ2n) is 8.25. The SMILES string of the molecule is O=C(Nc1cccnc1N1CCCC1)N1CCCC(c2nc(-c3cccc(F)c3)no2)C1. The van der Waals surface area contributed by atoms with E-state index in [0.29, 0.717) is 30.4 Å². The molecule has 166 valence electrons.